The number of hydrogen-bond donors (Lipinski definition) is 3. The summed E-state index contributed by atoms with van der Waals surface area (Å²) in [5, 5.41) is 19.1. The Morgan fingerprint density at radius 3 is 2.36 bits per heavy atom. The van der Waals surface area contributed by atoms with Crippen LogP contribution in [0.4, 0.5) is 11.4 Å². The van der Waals surface area contributed by atoms with Gasteiger partial charge < -0.3 is 25.2 Å². The minimum absolute atomic E-state index is 0.0155. The number of aliphatic hydroxyl groups excluding tert-OH is 1. The molecule has 0 aromatic heterocycles. The van der Waals surface area contributed by atoms with Crippen molar-refractivity contribution in [3.8, 4) is 5.75 Å². The first-order valence-corrected chi connectivity index (χ1v) is 8.89. The summed E-state index contributed by atoms with van der Waals surface area (Å²) in [6.45, 7) is 4.27. The van der Waals surface area contributed by atoms with Crippen LogP contribution in [0.2, 0.25) is 0 Å². The van der Waals surface area contributed by atoms with Crippen molar-refractivity contribution in [3.63, 3.8) is 0 Å². The highest BCUT2D eigenvalue weighted by atomic mass is 16.5. The molecule has 1 fully saturated rings. The molecular formula is C19H32N2O4. The maximum Gasteiger partial charge on any atom is 0.323 e. The van der Waals surface area contributed by atoms with Crippen molar-refractivity contribution in [2.45, 2.75) is 52.1 Å². The first-order chi connectivity index (χ1) is 12.0. The summed E-state index contributed by atoms with van der Waals surface area (Å²) in [5.41, 5.74) is 1.81. The maximum atomic E-state index is 10.8. The van der Waals surface area contributed by atoms with Crippen molar-refractivity contribution in [3.05, 3.63) is 18.2 Å². The number of methoxy groups -OCH3 is 1. The minimum atomic E-state index is -0.843. The fraction of sp³-hybridized carbons (Fsp3) is 0.632. The second-order valence-electron chi connectivity index (χ2n) is 6.47. The Labute approximate surface area is 150 Å². The molecule has 1 heterocycles. The molecule has 0 bridgehead atoms. The van der Waals surface area contributed by atoms with Crippen LogP contribution < -0.4 is 15.0 Å². The highest BCUT2D eigenvalue weighted by molar-refractivity contribution is 5.83. The molecule has 0 amide bonds. The molecule has 1 aromatic rings. The lowest BCUT2D eigenvalue weighted by atomic mass is 9.91. The quantitative estimate of drug-likeness (QED) is 0.772. The first-order valence-electron chi connectivity index (χ1n) is 8.89. The third-order valence-corrected chi connectivity index (χ3v) is 4.55. The molecule has 1 aromatic carbocycles. The number of aliphatic hydroxyl groups is 1. The second-order valence-corrected chi connectivity index (χ2v) is 6.47. The lowest BCUT2D eigenvalue weighted by molar-refractivity contribution is -0.135. The molecule has 2 aliphatic rings. The Hall–Kier alpha value is -1.95. The normalized spacial score (nSPS) is 18.8. The predicted octanol–water partition coefficient (Wildman–Crippen LogP) is 3.55. The van der Waals surface area contributed by atoms with Gasteiger partial charge in [-0.1, -0.05) is 39.0 Å². The third-order valence-electron chi connectivity index (χ3n) is 4.55. The van der Waals surface area contributed by atoms with E-state index in [0.29, 0.717) is 0 Å². The van der Waals surface area contributed by atoms with E-state index in [2.05, 4.69) is 12.2 Å². The van der Waals surface area contributed by atoms with Crippen LogP contribution in [0, 0.1) is 5.92 Å². The van der Waals surface area contributed by atoms with Crippen LogP contribution in [0.1, 0.15) is 46.0 Å². The summed E-state index contributed by atoms with van der Waals surface area (Å²) >= 11 is 0. The van der Waals surface area contributed by atoms with E-state index in [-0.39, 0.29) is 12.7 Å². The Morgan fingerprint density at radius 1 is 1.24 bits per heavy atom. The fourth-order valence-electron chi connectivity index (χ4n) is 3.18. The van der Waals surface area contributed by atoms with Gasteiger partial charge in [-0.2, -0.15) is 0 Å². The molecule has 1 aliphatic heterocycles. The number of rotatable bonds is 3. The van der Waals surface area contributed by atoms with Gasteiger partial charge in [-0.3, -0.25) is 4.79 Å². The zero-order valence-electron chi connectivity index (χ0n) is 15.8. The van der Waals surface area contributed by atoms with E-state index in [9.17, 15) is 4.79 Å². The standard InChI is InChI=1S/C11H14N2O3.C7H14.CH4O/c1-7-12-9-4-3-8(16-2)5-10(9)13(7)6-11(14)15;1-7-5-3-2-4-6-7;1-2/h3-5,7,12H,6H2,1-2H3,(H,14,15);7H,2-6H2,1H3;2H,1H3. The Bertz CT molecular complexity index is 530. The Kier molecular flexibility index (Phi) is 9.13. The van der Waals surface area contributed by atoms with Gasteiger partial charge in [0.1, 0.15) is 12.3 Å². The fourth-order valence-corrected chi connectivity index (χ4v) is 3.18. The van der Waals surface area contributed by atoms with Gasteiger partial charge >= 0.3 is 5.97 Å². The lowest BCUT2D eigenvalue weighted by Gasteiger charge is -2.21. The van der Waals surface area contributed by atoms with E-state index >= 15 is 0 Å². The van der Waals surface area contributed by atoms with Crippen LogP contribution in [0.25, 0.3) is 0 Å². The number of hydrogen-bond acceptors (Lipinski definition) is 5. The molecule has 25 heavy (non-hydrogen) atoms. The van der Waals surface area contributed by atoms with Crippen LogP contribution in [0.5, 0.6) is 5.75 Å². The van der Waals surface area contributed by atoms with Gasteiger partial charge in [-0.25, -0.2) is 0 Å². The number of nitrogens with one attached hydrogen (secondary N) is 1. The average Bonchev–Trinajstić information content (AvgIpc) is 2.92. The molecule has 1 atom stereocenters. The molecule has 1 aliphatic carbocycles. The molecule has 6 nitrogen and oxygen atoms in total. The molecule has 3 N–H and O–H groups in total. The van der Waals surface area contributed by atoms with E-state index in [4.69, 9.17) is 14.9 Å². The molecule has 0 spiro atoms. The van der Waals surface area contributed by atoms with Gasteiger partial charge in [0.05, 0.1) is 24.7 Å². The number of anilines is 2. The number of carbonyl (C=O) groups is 1. The topological polar surface area (TPSA) is 82.0 Å². The molecule has 1 saturated carbocycles. The van der Waals surface area contributed by atoms with E-state index in [1.807, 2.05) is 25.1 Å². The number of carboxylic acid groups (broad SMARTS) is 1. The van der Waals surface area contributed by atoms with E-state index in [0.717, 1.165) is 30.2 Å². The van der Waals surface area contributed by atoms with Crippen molar-refractivity contribution in [1.29, 1.82) is 0 Å². The minimum Gasteiger partial charge on any atom is -0.497 e. The number of aliphatic carboxylic acids is 1. The molecule has 142 valence electrons. The molecule has 1 unspecified atom stereocenters. The largest absolute Gasteiger partial charge is 0.497 e. The first kappa shape index (κ1) is 21.1. The zero-order chi connectivity index (χ0) is 18.8. The second kappa shape index (κ2) is 10.8. The van der Waals surface area contributed by atoms with Gasteiger partial charge in [0.2, 0.25) is 0 Å². The SMILES string of the molecule is CC1CCCCC1.CO.COc1ccc2c(c1)N(CC(=O)O)C(C)N2. The number of nitrogens with zero attached hydrogens (tertiary/aromatic N) is 1. The van der Waals surface area contributed by atoms with Crippen LogP contribution >= 0.6 is 0 Å². The Balaban J connectivity index is 0.000000290. The van der Waals surface area contributed by atoms with Crippen molar-refractivity contribution in [1.82, 2.24) is 0 Å². The van der Waals surface area contributed by atoms with E-state index in [1.54, 1.807) is 12.0 Å². The van der Waals surface area contributed by atoms with Crippen LogP contribution in [-0.4, -0.2) is 43.1 Å². The molecule has 6 heteroatoms. The van der Waals surface area contributed by atoms with Gasteiger partial charge in [0, 0.05) is 13.2 Å². The van der Waals surface area contributed by atoms with Crippen LogP contribution in [-0.2, 0) is 4.79 Å². The maximum absolute atomic E-state index is 10.8. The van der Waals surface area contributed by atoms with Crippen LogP contribution in [0.3, 0.4) is 0 Å². The van der Waals surface area contributed by atoms with E-state index in [1.165, 1.54) is 32.1 Å². The molecular weight excluding hydrogens is 320 g/mol. The van der Waals surface area contributed by atoms with Gasteiger partial charge in [-0.05, 0) is 25.0 Å². The average molecular weight is 352 g/mol. The third kappa shape index (κ3) is 6.46. The number of fused-ring (bicyclic) bond motifs is 1. The Morgan fingerprint density at radius 2 is 1.88 bits per heavy atom. The summed E-state index contributed by atoms with van der Waals surface area (Å²) in [6.07, 6.45) is 7.42. The van der Waals surface area contributed by atoms with Crippen molar-refractivity contribution in [2.75, 3.05) is 31.0 Å². The summed E-state index contributed by atoms with van der Waals surface area (Å²) in [4.78, 5) is 12.6. The van der Waals surface area contributed by atoms with Crippen LogP contribution in [0.15, 0.2) is 18.2 Å². The predicted molar refractivity (Wildman–Crippen MR) is 101 cm³/mol. The van der Waals surface area contributed by atoms with Gasteiger partial charge in [0.25, 0.3) is 0 Å². The number of benzene rings is 1. The molecule has 0 saturated heterocycles. The molecule has 0 radical (unpaired) electrons. The summed E-state index contributed by atoms with van der Waals surface area (Å²) in [5.74, 6) is 0.920. The monoisotopic (exact) mass is 352 g/mol. The van der Waals surface area contributed by atoms with E-state index < -0.39 is 5.97 Å². The van der Waals surface area contributed by atoms with Crippen molar-refractivity contribution >= 4 is 17.3 Å². The number of ether oxygens (including phenoxy) is 1. The van der Waals surface area contributed by atoms with Gasteiger partial charge in [0.15, 0.2) is 0 Å². The highest BCUT2D eigenvalue weighted by Crippen LogP contribution is 2.36. The van der Waals surface area contributed by atoms with Crippen molar-refractivity contribution in [2.24, 2.45) is 5.92 Å². The summed E-state index contributed by atoms with van der Waals surface area (Å²) in [7, 11) is 2.59. The smallest absolute Gasteiger partial charge is 0.323 e. The van der Waals surface area contributed by atoms with Gasteiger partial charge in [-0.15, -0.1) is 0 Å². The zero-order valence-corrected chi connectivity index (χ0v) is 15.8. The summed E-state index contributed by atoms with van der Waals surface area (Å²) in [6, 6.07) is 5.59. The summed E-state index contributed by atoms with van der Waals surface area (Å²) < 4.78 is 5.13. The molecule has 3 rings (SSSR count). The van der Waals surface area contributed by atoms with Crippen molar-refractivity contribution < 1.29 is 19.7 Å². The lowest BCUT2D eigenvalue weighted by Crippen LogP contribution is -2.36. The highest BCUT2D eigenvalue weighted by Gasteiger charge is 2.27. The number of carboxylic acids is 1.